The van der Waals surface area contributed by atoms with Gasteiger partial charge in [0, 0.05) is 28.9 Å². The first-order valence-electron chi connectivity index (χ1n) is 10.3. The zero-order valence-electron chi connectivity index (χ0n) is 16.6. The molecule has 0 radical (unpaired) electrons. The molecule has 7 atom stereocenters. The Bertz CT molecular complexity index is 859. The number of aliphatic hydroxyl groups is 1. The standard InChI is InChI=1S/C22H26O7/c1-12-16(24)8-21-11-27-19(25)15(21)4-3-5-18(21)22(12)9-17(14-6-7-26-10-14)29-20(22)28-13(2)23/h4,6-7,10,12,16-18,20,24H,3,5,8-9,11H2,1-2H3/t12-,16-,17+,18+,20-,21-,22+/m1/s1. The van der Waals surface area contributed by atoms with Crippen molar-refractivity contribution in [2.24, 2.45) is 22.7 Å². The van der Waals surface area contributed by atoms with Gasteiger partial charge in [0.15, 0.2) is 0 Å². The highest BCUT2D eigenvalue weighted by Crippen LogP contribution is 2.68. The first-order chi connectivity index (χ1) is 13.9. The van der Waals surface area contributed by atoms with Gasteiger partial charge in [-0.15, -0.1) is 0 Å². The van der Waals surface area contributed by atoms with Crippen LogP contribution in [0.1, 0.15) is 51.2 Å². The number of carbonyl (C=O) groups excluding carboxylic acids is 2. The van der Waals surface area contributed by atoms with Gasteiger partial charge in [-0.05, 0) is 43.6 Å². The van der Waals surface area contributed by atoms with E-state index in [0.717, 1.165) is 18.4 Å². The molecule has 7 heteroatoms. The van der Waals surface area contributed by atoms with Crippen molar-refractivity contribution in [1.29, 1.82) is 0 Å². The van der Waals surface area contributed by atoms with E-state index in [9.17, 15) is 14.7 Å². The molecule has 1 aromatic rings. The quantitative estimate of drug-likeness (QED) is 0.760. The van der Waals surface area contributed by atoms with E-state index in [0.29, 0.717) is 18.4 Å². The Morgan fingerprint density at radius 3 is 2.90 bits per heavy atom. The Morgan fingerprint density at radius 2 is 2.17 bits per heavy atom. The molecule has 1 N–H and O–H groups in total. The SMILES string of the molecule is CC(=O)O[C@@H]1O[C@H](c2ccoc2)C[C@@]12[C@H](C)[C@H](O)C[C@@]13COC(=O)C1=CCC[C@@H]32. The van der Waals surface area contributed by atoms with E-state index in [1.165, 1.54) is 6.92 Å². The van der Waals surface area contributed by atoms with Crippen LogP contribution in [0, 0.1) is 22.7 Å². The van der Waals surface area contributed by atoms with Crippen molar-refractivity contribution < 1.29 is 33.3 Å². The molecule has 1 saturated carbocycles. The van der Waals surface area contributed by atoms with E-state index in [4.69, 9.17) is 18.6 Å². The van der Waals surface area contributed by atoms with Crippen molar-refractivity contribution in [3.05, 3.63) is 35.8 Å². The Kier molecular flexibility index (Phi) is 4.19. The van der Waals surface area contributed by atoms with Gasteiger partial charge < -0.3 is 23.7 Å². The molecule has 0 amide bonds. The van der Waals surface area contributed by atoms with Crippen LogP contribution in [0.3, 0.4) is 0 Å². The number of hydrogen-bond acceptors (Lipinski definition) is 7. The maximum Gasteiger partial charge on any atom is 0.334 e. The number of aliphatic hydroxyl groups excluding tert-OH is 1. The molecule has 1 aromatic heterocycles. The zero-order chi connectivity index (χ0) is 20.4. The molecule has 3 fully saturated rings. The second-order valence-electron chi connectivity index (χ2n) is 8.98. The topological polar surface area (TPSA) is 95.2 Å². The molecule has 156 valence electrons. The van der Waals surface area contributed by atoms with E-state index in [2.05, 4.69) is 0 Å². The van der Waals surface area contributed by atoms with Crippen LogP contribution >= 0.6 is 0 Å². The summed E-state index contributed by atoms with van der Waals surface area (Å²) in [5, 5.41) is 11.1. The highest BCUT2D eigenvalue weighted by molar-refractivity contribution is 5.92. The Balaban J connectivity index is 1.64. The second-order valence-corrected chi connectivity index (χ2v) is 8.98. The average Bonchev–Trinajstić information content (AvgIpc) is 3.39. The number of cyclic esters (lactones) is 1. The molecule has 2 spiro atoms. The number of rotatable bonds is 2. The van der Waals surface area contributed by atoms with E-state index < -0.39 is 29.2 Å². The first-order valence-corrected chi connectivity index (χ1v) is 10.3. The van der Waals surface area contributed by atoms with Crippen LogP contribution in [0.2, 0.25) is 0 Å². The maximum absolute atomic E-state index is 12.5. The highest BCUT2D eigenvalue weighted by Gasteiger charge is 2.70. The van der Waals surface area contributed by atoms with Crippen LogP contribution in [0.25, 0.3) is 0 Å². The molecule has 5 rings (SSSR count). The molecule has 0 aromatic carbocycles. The van der Waals surface area contributed by atoms with E-state index in [1.807, 2.05) is 19.1 Å². The monoisotopic (exact) mass is 402 g/mol. The second kappa shape index (κ2) is 6.44. The van der Waals surface area contributed by atoms with Crippen LogP contribution in [0.15, 0.2) is 34.7 Å². The average molecular weight is 402 g/mol. The van der Waals surface area contributed by atoms with E-state index in [-0.39, 0.29) is 30.5 Å². The summed E-state index contributed by atoms with van der Waals surface area (Å²) < 4.78 is 22.7. The largest absolute Gasteiger partial charge is 0.472 e. The van der Waals surface area contributed by atoms with Crippen LogP contribution in [0.5, 0.6) is 0 Å². The molecule has 7 nitrogen and oxygen atoms in total. The van der Waals surface area contributed by atoms with Gasteiger partial charge in [-0.25, -0.2) is 4.79 Å². The summed E-state index contributed by atoms with van der Waals surface area (Å²) in [6, 6.07) is 1.85. The number of esters is 2. The summed E-state index contributed by atoms with van der Waals surface area (Å²) >= 11 is 0. The number of fused-ring (bicyclic) bond motifs is 1. The lowest BCUT2D eigenvalue weighted by atomic mass is 9.45. The number of furan rings is 1. The summed E-state index contributed by atoms with van der Waals surface area (Å²) in [6.45, 7) is 3.64. The molecule has 0 bridgehead atoms. The van der Waals surface area contributed by atoms with Crippen molar-refractivity contribution in [2.75, 3.05) is 6.61 Å². The van der Waals surface area contributed by atoms with Gasteiger partial charge in [-0.3, -0.25) is 4.79 Å². The predicted octanol–water partition coefficient (Wildman–Crippen LogP) is 2.90. The fraction of sp³-hybridized carbons (Fsp3) is 0.636. The fourth-order valence-electron chi connectivity index (χ4n) is 6.51. The Hall–Kier alpha value is -2.12. The smallest absolute Gasteiger partial charge is 0.334 e. The zero-order valence-corrected chi connectivity index (χ0v) is 16.6. The number of carbonyl (C=O) groups is 2. The van der Waals surface area contributed by atoms with Crippen molar-refractivity contribution in [1.82, 2.24) is 0 Å². The highest BCUT2D eigenvalue weighted by atomic mass is 16.7. The predicted molar refractivity (Wildman–Crippen MR) is 99.1 cm³/mol. The lowest BCUT2D eigenvalue weighted by Gasteiger charge is -2.58. The normalized spacial score (nSPS) is 43.5. The molecule has 2 saturated heterocycles. The third kappa shape index (κ3) is 2.50. The summed E-state index contributed by atoms with van der Waals surface area (Å²) in [4.78, 5) is 24.4. The molecule has 4 aliphatic rings. The van der Waals surface area contributed by atoms with Gasteiger partial charge in [-0.2, -0.15) is 0 Å². The summed E-state index contributed by atoms with van der Waals surface area (Å²) in [7, 11) is 0. The van der Waals surface area contributed by atoms with E-state index in [1.54, 1.807) is 12.5 Å². The van der Waals surface area contributed by atoms with Crippen molar-refractivity contribution in [3.63, 3.8) is 0 Å². The minimum atomic E-state index is -0.804. The summed E-state index contributed by atoms with van der Waals surface area (Å²) in [5.41, 5.74) is 0.366. The Labute approximate surface area is 169 Å². The third-order valence-corrected chi connectivity index (χ3v) is 7.79. The van der Waals surface area contributed by atoms with Crippen LogP contribution in [-0.4, -0.2) is 36.0 Å². The van der Waals surface area contributed by atoms with Crippen molar-refractivity contribution in [3.8, 4) is 0 Å². The molecular formula is C22H26O7. The Morgan fingerprint density at radius 1 is 1.34 bits per heavy atom. The fourth-order valence-corrected chi connectivity index (χ4v) is 6.51. The first kappa shape index (κ1) is 18.9. The summed E-state index contributed by atoms with van der Waals surface area (Å²) in [6.07, 6.45) is 6.06. The molecule has 2 aliphatic heterocycles. The van der Waals surface area contributed by atoms with Crippen molar-refractivity contribution in [2.45, 2.75) is 58.0 Å². The van der Waals surface area contributed by atoms with Gasteiger partial charge in [-0.1, -0.05) is 13.0 Å². The van der Waals surface area contributed by atoms with Gasteiger partial charge >= 0.3 is 11.9 Å². The van der Waals surface area contributed by atoms with Gasteiger partial charge in [0.2, 0.25) is 6.29 Å². The van der Waals surface area contributed by atoms with Crippen LogP contribution in [0.4, 0.5) is 0 Å². The molecule has 3 heterocycles. The number of allylic oxidation sites excluding steroid dienone is 1. The molecule has 0 unspecified atom stereocenters. The molecule has 29 heavy (non-hydrogen) atoms. The minimum absolute atomic E-state index is 0.00102. The molecule has 2 aliphatic carbocycles. The lowest BCUT2D eigenvalue weighted by Crippen LogP contribution is -2.61. The maximum atomic E-state index is 12.5. The third-order valence-electron chi connectivity index (χ3n) is 7.79. The van der Waals surface area contributed by atoms with Gasteiger partial charge in [0.25, 0.3) is 0 Å². The molecular weight excluding hydrogens is 376 g/mol. The number of ether oxygens (including phenoxy) is 3. The van der Waals surface area contributed by atoms with Crippen LogP contribution in [-0.2, 0) is 23.8 Å². The number of hydrogen-bond donors (Lipinski definition) is 1. The van der Waals surface area contributed by atoms with Crippen LogP contribution < -0.4 is 0 Å². The summed E-state index contributed by atoms with van der Waals surface area (Å²) in [5.74, 6) is -0.884. The minimum Gasteiger partial charge on any atom is -0.472 e. The van der Waals surface area contributed by atoms with Gasteiger partial charge in [0.05, 0.1) is 24.7 Å². The lowest BCUT2D eigenvalue weighted by molar-refractivity contribution is -0.236. The van der Waals surface area contributed by atoms with E-state index >= 15 is 0 Å². The van der Waals surface area contributed by atoms with Crippen molar-refractivity contribution >= 4 is 11.9 Å². The van der Waals surface area contributed by atoms with Gasteiger partial charge in [0.1, 0.15) is 6.61 Å².